The molecule has 0 aliphatic carbocycles. The molecule has 2 unspecified atom stereocenters. The molecular formula is C11H24N2O. The van der Waals surface area contributed by atoms with Gasteiger partial charge in [-0.3, -0.25) is 4.90 Å². The van der Waals surface area contributed by atoms with Crippen molar-refractivity contribution in [1.29, 1.82) is 0 Å². The highest BCUT2D eigenvalue weighted by atomic mass is 16.3. The number of nitrogens with one attached hydrogen (secondary N) is 1. The molecule has 2 atom stereocenters. The minimum absolute atomic E-state index is 0.154. The van der Waals surface area contributed by atoms with Gasteiger partial charge >= 0.3 is 0 Å². The Bertz CT molecular complexity index is 182. The highest BCUT2D eigenvalue weighted by Crippen LogP contribution is 2.24. The third-order valence-corrected chi connectivity index (χ3v) is 3.31. The van der Waals surface area contributed by atoms with Crippen molar-refractivity contribution in [1.82, 2.24) is 10.2 Å². The molecular weight excluding hydrogens is 176 g/mol. The summed E-state index contributed by atoms with van der Waals surface area (Å²) in [5.41, 5.74) is 0.154. The van der Waals surface area contributed by atoms with Crippen LogP contribution in [0.5, 0.6) is 0 Å². The number of hydrogen-bond donors (Lipinski definition) is 2. The Morgan fingerprint density at radius 1 is 1.57 bits per heavy atom. The van der Waals surface area contributed by atoms with Gasteiger partial charge in [-0.1, -0.05) is 6.92 Å². The number of piperazine rings is 1. The van der Waals surface area contributed by atoms with Crippen molar-refractivity contribution in [3.8, 4) is 0 Å². The number of nitrogens with zero attached hydrogens (tertiary/aromatic N) is 1. The monoisotopic (exact) mass is 200 g/mol. The van der Waals surface area contributed by atoms with E-state index in [4.69, 9.17) is 0 Å². The summed E-state index contributed by atoms with van der Waals surface area (Å²) in [4.78, 5) is 2.46. The van der Waals surface area contributed by atoms with Crippen LogP contribution in [0.25, 0.3) is 0 Å². The summed E-state index contributed by atoms with van der Waals surface area (Å²) in [7, 11) is 0. The molecule has 0 aromatic rings. The van der Waals surface area contributed by atoms with E-state index in [9.17, 15) is 5.11 Å². The van der Waals surface area contributed by atoms with Crippen LogP contribution in [0.4, 0.5) is 0 Å². The molecule has 1 fully saturated rings. The summed E-state index contributed by atoms with van der Waals surface area (Å²) in [5.74, 6) is 0. The topological polar surface area (TPSA) is 35.5 Å². The minimum Gasteiger partial charge on any atom is -0.395 e. The molecule has 84 valence electrons. The molecule has 1 aliphatic rings. The first-order valence-corrected chi connectivity index (χ1v) is 5.63. The molecule has 1 heterocycles. The summed E-state index contributed by atoms with van der Waals surface area (Å²) in [6, 6.07) is 0.818. The fraction of sp³-hybridized carbons (Fsp3) is 1.00. The van der Waals surface area contributed by atoms with E-state index in [2.05, 4.69) is 37.9 Å². The van der Waals surface area contributed by atoms with Crippen molar-refractivity contribution in [2.24, 2.45) is 0 Å². The van der Waals surface area contributed by atoms with Crippen LogP contribution in [0.1, 0.15) is 34.1 Å². The van der Waals surface area contributed by atoms with E-state index >= 15 is 0 Å². The fourth-order valence-corrected chi connectivity index (χ4v) is 2.53. The maximum atomic E-state index is 9.36. The van der Waals surface area contributed by atoms with Crippen molar-refractivity contribution in [2.75, 3.05) is 19.7 Å². The summed E-state index contributed by atoms with van der Waals surface area (Å²) in [6.45, 7) is 11.1. The summed E-state index contributed by atoms with van der Waals surface area (Å²) in [6.07, 6.45) is 1.14. The number of aliphatic hydroxyl groups excluding tert-OH is 1. The SMILES string of the molecule is CCC(C)N1C(CO)CNCC1(C)C. The Kier molecular flexibility index (Phi) is 3.93. The second-order valence-corrected chi connectivity index (χ2v) is 4.94. The van der Waals surface area contributed by atoms with Crippen LogP contribution >= 0.6 is 0 Å². The Balaban J connectivity index is 2.78. The Labute approximate surface area is 87.5 Å². The van der Waals surface area contributed by atoms with E-state index < -0.39 is 0 Å². The van der Waals surface area contributed by atoms with Gasteiger partial charge in [-0.25, -0.2) is 0 Å². The second-order valence-electron chi connectivity index (χ2n) is 4.94. The van der Waals surface area contributed by atoms with Crippen LogP contribution < -0.4 is 5.32 Å². The lowest BCUT2D eigenvalue weighted by molar-refractivity contribution is -0.0207. The molecule has 0 aromatic heterocycles. The van der Waals surface area contributed by atoms with Crippen molar-refractivity contribution in [2.45, 2.75) is 51.7 Å². The quantitative estimate of drug-likeness (QED) is 0.708. The predicted octanol–water partition coefficient (Wildman–Crippen LogP) is 0.830. The zero-order valence-corrected chi connectivity index (χ0v) is 9.88. The van der Waals surface area contributed by atoms with Gasteiger partial charge in [0.1, 0.15) is 0 Å². The number of hydrogen-bond acceptors (Lipinski definition) is 3. The molecule has 0 aromatic carbocycles. The van der Waals surface area contributed by atoms with E-state index in [0.29, 0.717) is 6.04 Å². The molecule has 0 spiro atoms. The molecule has 14 heavy (non-hydrogen) atoms. The zero-order valence-electron chi connectivity index (χ0n) is 9.88. The molecule has 1 saturated heterocycles. The van der Waals surface area contributed by atoms with Gasteiger partial charge in [-0.15, -0.1) is 0 Å². The van der Waals surface area contributed by atoms with E-state index in [1.165, 1.54) is 0 Å². The molecule has 2 N–H and O–H groups in total. The molecule has 0 radical (unpaired) electrons. The van der Waals surface area contributed by atoms with Gasteiger partial charge in [0, 0.05) is 30.7 Å². The van der Waals surface area contributed by atoms with Gasteiger partial charge in [0.2, 0.25) is 0 Å². The maximum Gasteiger partial charge on any atom is 0.0599 e. The molecule has 0 amide bonds. The van der Waals surface area contributed by atoms with Gasteiger partial charge < -0.3 is 10.4 Å². The summed E-state index contributed by atoms with van der Waals surface area (Å²) in [5, 5.41) is 12.7. The molecule has 1 aliphatic heterocycles. The van der Waals surface area contributed by atoms with Crippen LogP contribution in [0, 0.1) is 0 Å². The highest BCUT2D eigenvalue weighted by molar-refractivity contribution is 4.96. The highest BCUT2D eigenvalue weighted by Gasteiger charge is 2.37. The van der Waals surface area contributed by atoms with Crippen molar-refractivity contribution in [3.63, 3.8) is 0 Å². The second kappa shape index (κ2) is 4.60. The van der Waals surface area contributed by atoms with E-state index in [1.54, 1.807) is 0 Å². The lowest BCUT2D eigenvalue weighted by Gasteiger charge is -2.50. The molecule has 1 rings (SSSR count). The van der Waals surface area contributed by atoms with E-state index in [1.807, 2.05) is 0 Å². The Hall–Kier alpha value is -0.120. The van der Waals surface area contributed by atoms with Crippen LogP contribution in [0.3, 0.4) is 0 Å². The van der Waals surface area contributed by atoms with Crippen LogP contribution in [0.15, 0.2) is 0 Å². The first-order chi connectivity index (χ1) is 6.53. The van der Waals surface area contributed by atoms with Crippen LogP contribution in [-0.2, 0) is 0 Å². The number of aliphatic hydroxyl groups is 1. The van der Waals surface area contributed by atoms with E-state index in [-0.39, 0.29) is 18.2 Å². The summed E-state index contributed by atoms with van der Waals surface area (Å²) < 4.78 is 0. The molecule has 3 heteroatoms. The first-order valence-electron chi connectivity index (χ1n) is 5.63. The van der Waals surface area contributed by atoms with Gasteiger partial charge in [0.05, 0.1) is 6.61 Å². The Morgan fingerprint density at radius 2 is 2.21 bits per heavy atom. The molecule has 0 saturated carbocycles. The fourth-order valence-electron chi connectivity index (χ4n) is 2.53. The van der Waals surface area contributed by atoms with Gasteiger partial charge in [0.25, 0.3) is 0 Å². The van der Waals surface area contributed by atoms with Gasteiger partial charge in [-0.2, -0.15) is 0 Å². The average molecular weight is 200 g/mol. The van der Waals surface area contributed by atoms with Gasteiger partial charge in [0.15, 0.2) is 0 Å². The molecule has 3 nitrogen and oxygen atoms in total. The van der Waals surface area contributed by atoms with Crippen LogP contribution in [0.2, 0.25) is 0 Å². The maximum absolute atomic E-state index is 9.36. The zero-order chi connectivity index (χ0) is 10.8. The van der Waals surface area contributed by atoms with Crippen LogP contribution in [-0.4, -0.2) is 47.3 Å². The largest absolute Gasteiger partial charge is 0.395 e. The first kappa shape index (κ1) is 12.0. The Morgan fingerprint density at radius 3 is 2.71 bits per heavy atom. The third kappa shape index (κ3) is 2.27. The van der Waals surface area contributed by atoms with Crippen molar-refractivity contribution in [3.05, 3.63) is 0 Å². The summed E-state index contributed by atoms with van der Waals surface area (Å²) >= 11 is 0. The van der Waals surface area contributed by atoms with Crippen molar-refractivity contribution < 1.29 is 5.11 Å². The minimum atomic E-state index is 0.154. The van der Waals surface area contributed by atoms with E-state index in [0.717, 1.165) is 19.5 Å². The third-order valence-electron chi connectivity index (χ3n) is 3.31. The normalized spacial score (nSPS) is 30.2. The van der Waals surface area contributed by atoms with Gasteiger partial charge in [-0.05, 0) is 27.2 Å². The van der Waals surface area contributed by atoms with Crippen molar-refractivity contribution >= 4 is 0 Å². The lowest BCUT2D eigenvalue weighted by Crippen LogP contribution is -2.66. The molecule has 0 bridgehead atoms. The lowest BCUT2D eigenvalue weighted by atomic mass is 9.93. The smallest absolute Gasteiger partial charge is 0.0599 e. The number of rotatable bonds is 3. The predicted molar refractivity (Wildman–Crippen MR) is 59.4 cm³/mol. The standard InChI is InChI=1S/C11H24N2O/c1-5-9(2)13-10(7-14)6-12-8-11(13,3)4/h9-10,12,14H,5-8H2,1-4H3. The average Bonchev–Trinajstić information content (AvgIpc) is 2.15.